The van der Waals surface area contributed by atoms with E-state index >= 15 is 0 Å². The second-order valence-corrected chi connectivity index (χ2v) is 3.16. The van der Waals surface area contributed by atoms with E-state index in [1.165, 1.54) is 32.1 Å². The molecule has 3 heteroatoms. The Morgan fingerprint density at radius 3 is 2.58 bits per heavy atom. The summed E-state index contributed by atoms with van der Waals surface area (Å²) in [7, 11) is 0. The van der Waals surface area contributed by atoms with Crippen molar-refractivity contribution in [1.82, 2.24) is 0 Å². The average Bonchev–Trinajstić information content (AvgIpc) is 1.94. The maximum atomic E-state index is 10.9. The molecule has 66 valence electrons. The lowest BCUT2D eigenvalue weighted by molar-refractivity contribution is -0.111. The van der Waals surface area contributed by atoms with Crippen LogP contribution in [-0.2, 0) is 4.79 Å². The minimum atomic E-state index is -1.19. The Labute approximate surface area is 71.0 Å². The van der Waals surface area contributed by atoms with Gasteiger partial charge >= 0.3 is 0 Å². The molecule has 0 aromatic carbocycles. The molecule has 0 bridgehead atoms. The van der Waals surface area contributed by atoms with Crippen LogP contribution in [0.25, 0.3) is 0 Å². The van der Waals surface area contributed by atoms with Crippen LogP contribution in [0.4, 0.5) is 0 Å². The summed E-state index contributed by atoms with van der Waals surface area (Å²) in [6.45, 7) is 3.06. The van der Waals surface area contributed by atoms with Gasteiger partial charge in [-0.25, -0.2) is 0 Å². The first-order valence-electron chi connectivity index (χ1n) is 3.79. The third-order valence-electron chi connectivity index (χ3n) is 1.90. The second kappa shape index (κ2) is 2.84. The first-order valence-corrected chi connectivity index (χ1v) is 3.79. The van der Waals surface area contributed by atoms with Crippen LogP contribution in [0.2, 0.25) is 0 Å². The largest absolute Gasteiger partial charge is 0.389 e. The number of aliphatic hydroxyl groups is 2. The molecule has 0 unspecified atom stereocenters. The van der Waals surface area contributed by atoms with Crippen LogP contribution < -0.4 is 0 Å². The van der Waals surface area contributed by atoms with Gasteiger partial charge in [0.15, 0.2) is 5.78 Å². The Bertz CT molecular complexity index is 259. The summed E-state index contributed by atoms with van der Waals surface area (Å²) in [6, 6.07) is 0. The van der Waals surface area contributed by atoms with Crippen molar-refractivity contribution in [1.29, 1.82) is 0 Å². The van der Waals surface area contributed by atoms with Crippen molar-refractivity contribution in [3.8, 4) is 0 Å². The molecule has 0 fully saturated rings. The maximum absolute atomic E-state index is 10.9. The van der Waals surface area contributed by atoms with Crippen molar-refractivity contribution in [3.05, 3.63) is 23.8 Å². The second-order valence-electron chi connectivity index (χ2n) is 3.16. The number of aliphatic hydroxyl groups excluding tert-OH is 1. The molecule has 1 aliphatic carbocycles. The zero-order valence-electron chi connectivity index (χ0n) is 7.11. The van der Waals surface area contributed by atoms with E-state index < -0.39 is 11.7 Å². The van der Waals surface area contributed by atoms with Crippen LogP contribution >= 0.6 is 0 Å². The Hall–Kier alpha value is -0.930. The summed E-state index contributed by atoms with van der Waals surface area (Å²) in [4.78, 5) is 10.9. The van der Waals surface area contributed by atoms with E-state index in [0.29, 0.717) is 5.57 Å². The number of rotatable bonds is 1. The van der Waals surface area contributed by atoms with Gasteiger partial charge in [0, 0.05) is 0 Å². The molecule has 12 heavy (non-hydrogen) atoms. The van der Waals surface area contributed by atoms with Gasteiger partial charge in [0.05, 0.1) is 6.10 Å². The third kappa shape index (κ3) is 1.62. The van der Waals surface area contributed by atoms with Crippen molar-refractivity contribution < 1.29 is 15.0 Å². The molecule has 0 saturated heterocycles. The van der Waals surface area contributed by atoms with E-state index in [4.69, 9.17) is 0 Å². The van der Waals surface area contributed by atoms with Gasteiger partial charge in [-0.15, -0.1) is 0 Å². The van der Waals surface area contributed by atoms with E-state index in [1.54, 1.807) is 0 Å². The van der Waals surface area contributed by atoms with Gasteiger partial charge in [0.1, 0.15) is 5.60 Å². The maximum Gasteiger partial charge on any atom is 0.178 e. The molecule has 2 atom stereocenters. The van der Waals surface area contributed by atoms with Crippen LogP contribution in [0.5, 0.6) is 0 Å². The minimum absolute atomic E-state index is 0.197. The fraction of sp³-hybridized carbons (Fsp3) is 0.444. The van der Waals surface area contributed by atoms with E-state index in [1.807, 2.05) is 0 Å². The van der Waals surface area contributed by atoms with Gasteiger partial charge in [-0.2, -0.15) is 0 Å². The van der Waals surface area contributed by atoms with Crippen molar-refractivity contribution >= 4 is 5.78 Å². The fourth-order valence-electron chi connectivity index (χ4n) is 1.23. The topological polar surface area (TPSA) is 57.5 Å². The number of hydrogen-bond donors (Lipinski definition) is 2. The molecule has 0 spiro atoms. The number of carbonyl (C=O) groups excluding carboxylic acids is 1. The molecule has 0 radical (unpaired) electrons. The lowest BCUT2D eigenvalue weighted by Gasteiger charge is -2.27. The highest BCUT2D eigenvalue weighted by Gasteiger charge is 2.29. The summed E-state index contributed by atoms with van der Waals surface area (Å²) in [6.07, 6.45) is 3.15. The molecule has 0 saturated carbocycles. The Balaban J connectivity index is 3.02. The van der Waals surface area contributed by atoms with Crippen molar-refractivity contribution in [2.24, 2.45) is 0 Å². The zero-order chi connectivity index (χ0) is 9.35. The van der Waals surface area contributed by atoms with E-state index in [2.05, 4.69) is 0 Å². The Kier molecular flexibility index (Phi) is 2.17. The van der Waals surface area contributed by atoms with Gasteiger partial charge in [0.25, 0.3) is 0 Å². The van der Waals surface area contributed by atoms with Crippen molar-refractivity contribution in [2.75, 3.05) is 0 Å². The van der Waals surface area contributed by atoms with Crippen LogP contribution in [0, 0.1) is 0 Å². The van der Waals surface area contributed by atoms with Crippen LogP contribution in [-0.4, -0.2) is 27.7 Å². The zero-order valence-corrected chi connectivity index (χ0v) is 7.11. The average molecular weight is 168 g/mol. The molecular weight excluding hydrogens is 156 g/mol. The predicted octanol–water partition coefficient (Wildman–Crippen LogP) is 0.183. The SMILES string of the molecule is C[C@@H](O)C1=CC(=O)C=C[C@]1(C)O. The molecule has 1 rings (SSSR count). The molecule has 0 amide bonds. The third-order valence-corrected chi connectivity index (χ3v) is 1.90. The summed E-state index contributed by atoms with van der Waals surface area (Å²) >= 11 is 0. The molecule has 3 nitrogen and oxygen atoms in total. The lowest BCUT2D eigenvalue weighted by atomic mass is 9.87. The first kappa shape index (κ1) is 9.16. The molecule has 0 aliphatic heterocycles. The Morgan fingerprint density at radius 1 is 1.58 bits per heavy atom. The van der Waals surface area contributed by atoms with Gasteiger partial charge < -0.3 is 10.2 Å². The standard InChI is InChI=1S/C9H12O3/c1-6(10)8-5-7(11)3-4-9(8,2)12/h3-6,10,12H,1-2H3/t6-,9+/m1/s1. The smallest absolute Gasteiger partial charge is 0.178 e. The molecule has 0 aromatic rings. The minimum Gasteiger partial charge on any atom is -0.389 e. The monoisotopic (exact) mass is 168 g/mol. The highest BCUT2D eigenvalue weighted by Crippen LogP contribution is 2.24. The number of allylic oxidation sites excluding steroid dienone is 2. The van der Waals surface area contributed by atoms with Gasteiger partial charge in [-0.1, -0.05) is 0 Å². The van der Waals surface area contributed by atoms with Gasteiger partial charge in [0.2, 0.25) is 0 Å². The number of carbonyl (C=O) groups is 1. The highest BCUT2D eigenvalue weighted by atomic mass is 16.3. The van der Waals surface area contributed by atoms with Crippen molar-refractivity contribution in [3.63, 3.8) is 0 Å². The summed E-state index contributed by atoms with van der Waals surface area (Å²) in [5.41, 5.74) is -0.850. The van der Waals surface area contributed by atoms with Crippen molar-refractivity contribution in [2.45, 2.75) is 25.6 Å². The van der Waals surface area contributed by atoms with Crippen LogP contribution in [0.15, 0.2) is 23.8 Å². The van der Waals surface area contributed by atoms with E-state index in [0.717, 1.165) is 0 Å². The van der Waals surface area contributed by atoms with Gasteiger partial charge in [-0.3, -0.25) is 4.79 Å². The lowest BCUT2D eigenvalue weighted by Crippen LogP contribution is -2.33. The fourth-order valence-corrected chi connectivity index (χ4v) is 1.23. The summed E-state index contributed by atoms with van der Waals surface area (Å²) < 4.78 is 0. The quantitative estimate of drug-likeness (QED) is 0.587. The highest BCUT2D eigenvalue weighted by molar-refractivity contribution is 6.01. The van der Waals surface area contributed by atoms with E-state index in [-0.39, 0.29) is 5.78 Å². The molecule has 0 heterocycles. The Morgan fingerprint density at radius 2 is 2.17 bits per heavy atom. The number of ketones is 1. The van der Waals surface area contributed by atoms with Crippen LogP contribution in [0.1, 0.15) is 13.8 Å². The molecule has 2 N–H and O–H groups in total. The first-order chi connectivity index (χ1) is 5.43. The van der Waals surface area contributed by atoms with Crippen LogP contribution in [0.3, 0.4) is 0 Å². The molecule has 1 aliphatic rings. The number of hydrogen-bond acceptors (Lipinski definition) is 3. The molecule has 0 aromatic heterocycles. The molecular formula is C9H12O3. The summed E-state index contributed by atoms with van der Waals surface area (Å²) in [5, 5.41) is 18.9. The normalized spacial score (nSPS) is 31.7. The predicted molar refractivity (Wildman–Crippen MR) is 44.5 cm³/mol. The summed E-state index contributed by atoms with van der Waals surface area (Å²) in [5.74, 6) is -0.197. The van der Waals surface area contributed by atoms with Gasteiger partial charge in [-0.05, 0) is 37.6 Å². The van der Waals surface area contributed by atoms with E-state index in [9.17, 15) is 15.0 Å².